The number of carboxylic acids is 1. The molecule has 2 rings (SSSR count). The molecule has 0 saturated carbocycles. The Morgan fingerprint density at radius 2 is 2.06 bits per heavy atom. The first-order chi connectivity index (χ1) is 7.98. The summed E-state index contributed by atoms with van der Waals surface area (Å²) in [5, 5.41) is 19.5. The van der Waals surface area contributed by atoms with Crippen molar-refractivity contribution in [1.29, 1.82) is 0 Å². The Bertz CT molecular complexity index is 420. The highest BCUT2D eigenvalue weighted by atomic mass is 35.5. The first-order valence-electron chi connectivity index (χ1n) is 5.43. The van der Waals surface area contributed by atoms with E-state index in [2.05, 4.69) is 0 Å². The molecule has 92 valence electrons. The fraction of sp³-hybridized carbons (Fsp3) is 0.417. The molecule has 1 aromatic carbocycles. The lowest BCUT2D eigenvalue weighted by atomic mass is 9.99. The van der Waals surface area contributed by atoms with Gasteiger partial charge in [-0.15, -0.1) is 0 Å². The molecule has 0 bridgehead atoms. The minimum absolute atomic E-state index is 0.211. The highest BCUT2D eigenvalue weighted by molar-refractivity contribution is 6.30. The molecule has 4 nitrogen and oxygen atoms in total. The van der Waals surface area contributed by atoms with Gasteiger partial charge in [0.05, 0.1) is 12.0 Å². The Morgan fingerprint density at radius 1 is 1.41 bits per heavy atom. The van der Waals surface area contributed by atoms with E-state index >= 15 is 0 Å². The molecule has 0 radical (unpaired) electrons. The molecule has 1 aromatic rings. The Morgan fingerprint density at radius 3 is 2.65 bits per heavy atom. The number of rotatable bonds is 3. The Hall–Kier alpha value is -1.26. The number of aliphatic carboxylic acids is 1. The number of carboxylic acid groups (broad SMARTS) is 1. The number of hydrogen-bond donors (Lipinski definition) is 2. The van der Waals surface area contributed by atoms with Gasteiger partial charge in [0.2, 0.25) is 0 Å². The van der Waals surface area contributed by atoms with Gasteiger partial charge in [0.25, 0.3) is 0 Å². The van der Waals surface area contributed by atoms with Crippen LogP contribution in [0, 0.1) is 0 Å². The largest absolute Gasteiger partial charge is 0.481 e. The van der Waals surface area contributed by atoms with E-state index in [0.717, 1.165) is 5.69 Å². The maximum atomic E-state index is 10.7. The summed E-state index contributed by atoms with van der Waals surface area (Å²) in [6.45, 7) is 1.01. The monoisotopic (exact) mass is 255 g/mol. The Kier molecular flexibility index (Phi) is 3.26. The van der Waals surface area contributed by atoms with Gasteiger partial charge in [-0.25, -0.2) is 0 Å². The molecular formula is C12H14ClNO3. The van der Waals surface area contributed by atoms with Crippen LogP contribution in [0.3, 0.4) is 0 Å². The summed E-state index contributed by atoms with van der Waals surface area (Å²) < 4.78 is 0. The van der Waals surface area contributed by atoms with Gasteiger partial charge in [0.1, 0.15) is 0 Å². The van der Waals surface area contributed by atoms with E-state index in [4.69, 9.17) is 16.7 Å². The van der Waals surface area contributed by atoms with Crippen molar-refractivity contribution < 1.29 is 15.0 Å². The van der Waals surface area contributed by atoms with E-state index < -0.39 is 11.6 Å². The molecule has 0 amide bonds. The molecule has 1 aliphatic heterocycles. The number of nitrogens with zero attached hydrogens (tertiary/aromatic N) is 1. The molecule has 1 fully saturated rings. The van der Waals surface area contributed by atoms with E-state index in [1.807, 2.05) is 17.0 Å². The van der Waals surface area contributed by atoms with Crippen LogP contribution in [-0.2, 0) is 4.79 Å². The Labute approximate surface area is 104 Å². The zero-order valence-electron chi connectivity index (χ0n) is 9.27. The topological polar surface area (TPSA) is 60.8 Å². The lowest BCUT2D eigenvalue weighted by Gasteiger charge is -2.22. The van der Waals surface area contributed by atoms with E-state index in [-0.39, 0.29) is 6.42 Å². The third-order valence-electron chi connectivity index (χ3n) is 3.00. The first kappa shape index (κ1) is 12.2. The first-order valence-corrected chi connectivity index (χ1v) is 5.81. The molecule has 1 unspecified atom stereocenters. The normalized spacial score (nSPS) is 24.0. The van der Waals surface area contributed by atoms with Crippen molar-refractivity contribution in [2.24, 2.45) is 0 Å². The van der Waals surface area contributed by atoms with E-state index in [1.54, 1.807) is 12.1 Å². The van der Waals surface area contributed by atoms with Gasteiger partial charge in [0, 0.05) is 23.8 Å². The number of anilines is 1. The van der Waals surface area contributed by atoms with Crippen molar-refractivity contribution in [2.45, 2.75) is 18.4 Å². The van der Waals surface area contributed by atoms with E-state index in [9.17, 15) is 9.90 Å². The van der Waals surface area contributed by atoms with Gasteiger partial charge >= 0.3 is 5.97 Å². The lowest BCUT2D eigenvalue weighted by Crippen LogP contribution is -2.35. The summed E-state index contributed by atoms with van der Waals surface area (Å²) >= 11 is 5.80. The van der Waals surface area contributed by atoms with E-state index in [0.29, 0.717) is 24.5 Å². The number of hydrogen-bond acceptors (Lipinski definition) is 3. The summed E-state index contributed by atoms with van der Waals surface area (Å²) in [6, 6.07) is 7.31. The zero-order chi connectivity index (χ0) is 12.5. The van der Waals surface area contributed by atoms with Crippen molar-refractivity contribution in [1.82, 2.24) is 0 Å². The van der Waals surface area contributed by atoms with Crippen molar-refractivity contribution in [3.05, 3.63) is 29.3 Å². The van der Waals surface area contributed by atoms with Crippen LogP contribution >= 0.6 is 11.6 Å². The fourth-order valence-corrected chi connectivity index (χ4v) is 2.28. The van der Waals surface area contributed by atoms with Crippen LogP contribution in [0.4, 0.5) is 5.69 Å². The van der Waals surface area contributed by atoms with Gasteiger partial charge < -0.3 is 15.1 Å². The molecule has 1 heterocycles. The standard InChI is InChI=1S/C12H14ClNO3/c13-9-1-3-10(4-2-9)14-6-5-12(17,8-14)7-11(15)16/h1-4,17H,5-8H2,(H,15,16). The third-order valence-corrected chi connectivity index (χ3v) is 3.26. The number of aliphatic hydroxyl groups is 1. The van der Waals surface area contributed by atoms with E-state index in [1.165, 1.54) is 0 Å². The predicted molar refractivity (Wildman–Crippen MR) is 65.5 cm³/mol. The van der Waals surface area contributed by atoms with Crippen molar-refractivity contribution >= 4 is 23.3 Å². The second-order valence-corrected chi connectivity index (χ2v) is 4.88. The van der Waals surface area contributed by atoms with Crippen LogP contribution in [0.15, 0.2) is 24.3 Å². The molecule has 1 saturated heterocycles. The highest BCUT2D eigenvalue weighted by Crippen LogP contribution is 2.29. The summed E-state index contributed by atoms with van der Waals surface area (Å²) in [7, 11) is 0. The zero-order valence-corrected chi connectivity index (χ0v) is 10.0. The van der Waals surface area contributed by atoms with Gasteiger partial charge in [-0.2, -0.15) is 0 Å². The summed E-state index contributed by atoms with van der Waals surface area (Å²) in [6.07, 6.45) is 0.263. The van der Waals surface area contributed by atoms with Gasteiger partial charge in [0.15, 0.2) is 0 Å². The Balaban J connectivity index is 2.07. The SMILES string of the molecule is O=C(O)CC1(O)CCN(c2ccc(Cl)cc2)C1. The minimum atomic E-state index is -1.12. The number of carbonyl (C=O) groups is 1. The van der Waals surface area contributed by atoms with Crippen molar-refractivity contribution in [2.75, 3.05) is 18.0 Å². The minimum Gasteiger partial charge on any atom is -0.481 e. The van der Waals surface area contributed by atoms with Crippen LogP contribution < -0.4 is 4.90 Å². The average molecular weight is 256 g/mol. The van der Waals surface area contributed by atoms with Crippen LogP contribution in [-0.4, -0.2) is 34.9 Å². The van der Waals surface area contributed by atoms with Crippen molar-refractivity contribution in [3.8, 4) is 0 Å². The lowest BCUT2D eigenvalue weighted by molar-refractivity contribution is -0.141. The molecule has 17 heavy (non-hydrogen) atoms. The fourth-order valence-electron chi connectivity index (χ4n) is 2.15. The number of halogens is 1. The molecule has 5 heteroatoms. The predicted octanol–water partition coefficient (Wildman–Crippen LogP) is 1.76. The van der Waals surface area contributed by atoms with Gasteiger partial charge in [-0.05, 0) is 30.7 Å². The second-order valence-electron chi connectivity index (χ2n) is 4.44. The molecular weight excluding hydrogens is 242 g/mol. The van der Waals surface area contributed by atoms with Crippen LogP contribution in [0.5, 0.6) is 0 Å². The maximum Gasteiger partial charge on any atom is 0.306 e. The van der Waals surface area contributed by atoms with Crippen molar-refractivity contribution in [3.63, 3.8) is 0 Å². The maximum absolute atomic E-state index is 10.7. The third kappa shape index (κ3) is 2.90. The quantitative estimate of drug-likeness (QED) is 0.864. The summed E-state index contributed by atoms with van der Waals surface area (Å²) in [5.74, 6) is -0.967. The molecule has 0 aliphatic carbocycles. The molecule has 1 aliphatic rings. The van der Waals surface area contributed by atoms with Crippen LogP contribution in [0.1, 0.15) is 12.8 Å². The smallest absolute Gasteiger partial charge is 0.306 e. The van der Waals surface area contributed by atoms with Gasteiger partial charge in [-0.3, -0.25) is 4.79 Å². The summed E-state index contributed by atoms with van der Waals surface area (Å²) in [5.41, 5.74) is -0.165. The summed E-state index contributed by atoms with van der Waals surface area (Å²) in [4.78, 5) is 12.6. The van der Waals surface area contributed by atoms with Crippen LogP contribution in [0.2, 0.25) is 5.02 Å². The van der Waals surface area contributed by atoms with Crippen LogP contribution in [0.25, 0.3) is 0 Å². The number of β-amino-alcohol motifs (C(OH)–C–C–N with tert-alkyl or cyclic N) is 1. The molecule has 0 spiro atoms. The molecule has 1 atom stereocenters. The number of benzene rings is 1. The molecule has 2 N–H and O–H groups in total. The average Bonchev–Trinajstić information content (AvgIpc) is 2.60. The second kappa shape index (κ2) is 4.55. The molecule has 0 aromatic heterocycles. The highest BCUT2D eigenvalue weighted by Gasteiger charge is 2.38. The van der Waals surface area contributed by atoms with Gasteiger partial charge in [-0.1, -0.05) is 11.6 Å².